The molecule has 1 aromatic carbocycles. The molecule has 2 aromatic heterocycles. The van der Waals surface area contributed by atoms with Gasteiger partial charge in [0, 0.05) is 24.6 Å². The number of benzene rings is 1. The maximum absolute atomic E-state index is 13.0. The maximum Gasteiger partial charge on any atom is 0.267 e. The molecular weight excluding hydrogens is 357 g/mol. The normalized spacial score (nSPS) is 15.4. The van der Waals surface area contributed by atoms with Crippen LogP contribution in [0.25, 0.3) is 11.5 Å². The summed E-state index contributed by atoms with van der Waals surface area (Å²) >= 11 is 1.13. The quantitative estimate of drug-likeness (QED) is 0.701. The number of carbonyl (C=O) groups is 1. The van der Waals surface area contributed by atoms with E-state index >= 15 is 0 Å². The zero-order chi connectivity index (χ0) is 18.1. The van der Waals surface area contributed by atoms with Gasteiger partial charge in [0.1, 0.15) is 10.7 Å². The van der Waals surface area contributed by atoms with Crippen molar-refractivity contribution in [3.8, 4) is 11.5 Å². The summed E-state index contributed by atoms with van der Waals surface area (Å²) in [5.74, 6) is 0.726. The number of carbonyl (C=O) groups excluding carboxylic acids is 1. The second-order valence-electron chi connectivity index (χ2n) is 6.21. The smallest absolute Gasteiger partial charge is 0.267 e. The van der Waals surface area contributed by atoms with Crippen molar-refractivity contribution in [2.75, 3.05) is 13.1 Å². The number of nitrogens with zero attached hydrogens (tertiary/aromatic N) is 5. The fourth-order valence-electron chi connectivity index (χ4n) is 3.01. The molecule has 1 amide bonds. The number of piperidine rings is 1. The minimum absolute atomic E-state index is 0.0199. The van der Waals surface area contributed by atoms with Gasteiger partial charge in [-0.3, -0.25) is 4.79 Å². The van der Waals surface area contributed by atoms with Crippen molar-refractivity contribution in [1.29, 1.82) is 0 Å². The zero-order valence-corrected chi connectivity index (χ0v) is 14.9. The molecule has 0 bridgehead atoms. The maximum atomic E-state index is 13.0. The molecule has 7 nitrogen and oxygen atoms in total. The van der Waals surface area contributed by atoms with Gasteiger partial charge >= 0.3 is 0 Å². The van der Waals surface area contributed by atoms with Crippen molar-refractivity contribution in [2.45, 2.75) is 25.7 Å². The summed E-state index contributed by atoms with van der Waals surface area (Å²) in [6, 6.07) is 5.94. The van der Waals surface area contributed by atoms with E-state index in [0.717, 1.165) is 24.4 Å². The van der Waals surface area contributed by atoms with E-state index in [1.54, 1.807) is 19.1 Å². The average molecular weight is 373 g/mol. The molecule has 0 unspecified atom stereocenters. The van der Waals surface area contributed by atoms with Crippen LogP contribution >= 0.6 is 11.5 Å². The zero-order valence-electron chi connectivity index (χ0n) is 14.1. The number of halogens is 1. The van der Waals surface area contributed by atoms with Gasteiger partial charge in [-0.1, -0.05) is 4.49 Å². The summed E-state index contributed by atoms with van der Waals surface area (Å²) in [6.45, 7) is 3.03. The Balaban J connectivity index is 1.41. The van der Waals surface area contributed by atoms with Gasteiger partial charge in [-0.25, -0.2) is 4.39 Å². The molecule has 0 N–H and O–H groups in total. The first-order chi connectivity index (χ1) is 12.6. The third kappa shape index (κ3) is 3.22. The summed E-state index contributed by atoms with van der Waals surface area (Å²) in [4.78, 5) is 14.9. The summed E-state index contributed by atoms with van der Waals surface area (Å²) in [5.41, 5.74) is 1.36. The van der Waals surface area contributed by atoms with E-state index in [1.807, 2.05) is 4.90 Å². The Kier molecular flexibility index (Phi) is 4.46. The molecule has 3 heterocycles. The lowest BCUT2D eigenvalue weighted by Gasteiger charge is -2.30. The van der Waals surface area contributed by atoms with Gasteiger partial charge in [-0.05, 0) is 55.6 Å². The van der Waals surface area contributed by atoms with Crippen molar-refractivity contribution >= 4 is 17.4 Å². The third-order valence-electron chi connectivity index (χ3n) is 4.51. The van der Waals surface area contributed by atoms with E-state index in [1.165, 1.54) is 12.1 Å². The number of likely N-dealkylation sites (tertiary alicyclic amines) is 1. The molecule has 26 heavy (non-hydrogen) atoms. The van der Waals surface area contributed by atoms with Crippen molar-refractivity contribution in [2.24, 2.45) is 0 Å². The Morgan fingerprint density at radius 3 is 2.58 bits per heavy atom. The summed E-state index contributed by atoms with van der Waals surface area (Å²) in [6.07, 6.45) is 1.50. The van der Waals surface area contributed by atoms with Crippen LogP contribution in [0.5, 0.6) is 0 Å². The highest BCUT2D eigenvalue weighted by molar-refractivity contribution is 7.07. The average Bonchev–Trinajstić information content (AvgIpc) is 3.31. The molecule has 1 saturated heterocycles. The SMILES string of the molecule is Cc1nnsc1C(=O)N1CCC(c2nnc(-c3ccc(F)cc3)o2)CC1. The van der Waals surface area contributed by atoms with E-state index in [-0.39, 0.29) is 17.6 Å². The highest BCUT2D eigenvalue weighted by Crippen LogP contribution is 2.30. The van der Waals surface area contributed by atoms with Gasteiger partial charge in [0.05, 0.1) is 5.69 Å². The molecule has 1 fully saturated rings. The summed E-state index contributed by atoms with van der Waals surface area (Å²) in [7, 11) is 0. The van der Waals surface area contributed by atoms with Gasteiger partial charge in [-0.2, -0.15) is 0 Å². The van der Waals surface area contributed by atoms with Crippen molar-refractivity contribution in [1.82, 2.24) is 24.7 Å². The van der Waals surface area contributed by atoms with Crippen LogP contribution in [0.1, 0.15) is 40.0 Å². The van der Waals surface area contributed by atoms with Crippen molar-refractivity contribution < 1.29 is 13.6 Å². The fraction of sp³-hybridized carbons (Fsp3) is 0.353. The molecule has 3 aromatic rings. The van der Waals surface area contributed by atoms with Crippen LogP contribution < -0.4 is 0 Å². The summed E-state index contributed by atoms with van der Waals surface area (Å²) < 4.78 is 22.6. The van der Waals surface area contributed by atoms with Crippen LogP contribution in [-0.4, -0.2) is 43.7 Å². The molecule has 4 rings (SSSR count). The lowest BCUT2D eigenvalue weighted by molar-refractivity contribution is 0.0710. The molecule has 0 spiro atoms. The molecule has 134 valence electrons. The first-order valence-corrected chi connectivity index (χ1v) is 9.06. The minimum Gasteiger partial charge on any atom is -0.420 e. The fourth-order valence-corrected chi connectivity index (χ4v) is 3.63. The van der Waals surface area contributed by atoms with Crippen molar-refractivity contribution in [3.05, 3.63) is 46.5 Å². The lowest BCUT2D eigenvalue weighted by atomic mass is 9.96. The Morgan fingerprint density at radius 1 is 1.19 bits per heavy atom. The van der Waals surface area contributed by atoms with Gasteiger partial charge in [-0.15, -0.1) is 15.3 Å². The predicted octanol–water partition coefficient (Wildman–Crippen LogP) is 3.06. The second-order valence-corrected chi connectivity index (χ2v) is 6.96. The predicted molar refractivity (Wildman–Crippen MR) is 92.2 cm³/mol. The molecule has 0 radical (unpaired) electrons. The number of aryl methyl sites for hydroxylation is 1. The Morgan fingerprint density at radius 2 is 1.92 bits per heavy atom. The lowest BCUT2D eigenvalue weighted by Crippen LogP contribution is -2.37. The first-order valence-electron chi connectivity index (χ1n) is 8.29. The third-order valence-corrected chi connectivity index (χ3v) is 5.32. The van der Waals surface area contributed by atoms with E-state index in [9.17, 15) is 9.18 Å². The summed E-state index contributed by atoms with van der Waals surface area (Å²) in [5, 5.41) is 12.1. The van der Waals surface area contributed by atoms with E-state index < -0.39 is 0 Å². The molecular formula is C17H16FN5O2S. The van der Waals surface area contributed by atoms with Crippen molar-refractivity contribution in [3.63, 3.8) is 0 Å². The van der Waals surface area contributed by atoms with Crippen LogP contribution in [0.2, 0.25) is 0 Å². The molecule has 0 atom stereocenters. The van der Waals surface area contributed by atoms with E-state index in [0.29, 0.717) is 41.0 Å². The number of hydrogen-bond acceptors (Lipinski definition) is 7. The standard InChI is InChI=1S/C17H16FN5O2S/c1-10-14(26-22-19-10)17(24)23-8-6-12(7-9-23)16-21-20-15(25-16)11-2-4-13(18)5-3-11/h2-5,12H,6-9H2,1H3. The highest BCUT2D eigenvalue weighted by Gasteiger charge is 2.29. The van der Waals surface area contributed by atoms with Crippen LogP contribution in [0.4, 0.5) is 4.39 Å². The Labute approximate surface area is 153 Å². The first kappa shape index (κ1) is 16.8. The molecule has 0 aliphatic carbocycles. The van der Waals surface area contributed by atoms with Crippen LogP contribution in [0.15, 0.2) is 28.7 Å². The van der Waals surface area contributed by atoms with E-state index in [4.69, 9.17) is 4.42 Å². The Bertz CT molecular complexity index is 915. The topological polar surface area (TPSA) is 85.0 Å². The number of rotatable bonds is 3. The number of hydrogen-bond donors (Lipinski definition) is 0. The van der Waals surface area contributed by atoms with Gasteiger partial charge < -0.3 is 9.32 Å². The monoisotopic (exact) mass is 373 g/mol. The van der Waals surface area contributed by atoms with Gasteiger partial charge in [0.2, 0.25) is 11.8 Å². The Hall–Kier alpha value is -2.68. The van der Waals surface area contributed by atoms with Crippen LogP contribution in [0.3, 0.4) is 0 Å². The molecule has 9 heteroatoms. The van der Waals surface area contributed by atoms with Gasteiger partial charge in [0.25, 0.3) is 5.91 Å². The van der Waals surface area contributed by atoms with Crippen LogP contribution in [0, 0.1) is 12.7 Å². The van der Waals surface area contributed by atoms with Crippen LogP contribution in [-0.2, 0) is 0 Å². The second kappa shape index (κ2) is 6.91. The number of aromatic nitrogens is 4. The molecule has 1 aliphatic heterocycles. The molecule has 0 saturated carbocycles. The molecule has 1 aliphatic rings. The highest BCUT2D eigenvalue weighted by atomic mass is 32.1. The number of amides is 1. The largest absolute Gasteiger partial charge is 0.420 e. The minimum atomic E-state index is -0.308. The van der Waals surface area contributed by atoms with E-state index in [2.05, 4.69) is 19.8 Å². The van der Waals surface area contributed by atoms with Gasteiger partial charge in [0.15, 0.2) is 0 Å².